The van der Waals surface area contributed by atoms with Crippen molar-refractivity contribution in [2.75, 3.05) is 65.5 Å². The Bertz CT molecular complexity index is 2480. The van der Waals surface area contributed by atoms with Crippen LogP contribution in [0.15, 0.2) is 49.1 Å². The highest BCUT2D eigenvalue weighted by Gasteiger charge is 2.45. The first-order valence-electron chi connectivity index (χ1n) is 26.9. The van der Waals surface area contributed by atoms with Crippen LogP contribution in [0.25, 0.3) is 10.9 Å². The zero-order valence-corrected chi connectivity index (χ0v) is 44.7. The zero-order valence-electron chi connectivity index (χ0n) is 44.7. The number of rotatable bonds is 23. The minimum Gasteiger partial charge on any atom is -0.379 e. The van der Waals surface area contributed by atoms with Crippen molar-refractivity contribution in [2.24, 2.45) is 11.8 Å². The Morgan fingerprint density at radius 3 is 2.32 bits per heavy atom. The molecule has 416 valence electrons. The molecule has 4 N–H and O–H groups in total. The van der Waals surface area contributed by atoms with Crippen LogP contribution in [-0.4, -0.2) is 172 Å². The van der Waals surface area contributed by atoms with E-state index in [1.165, 1.54) is 12.4 Å². The van der Waals surface area contributed by atoms with Gasteiger partial charge in [-0.15, -0.1) is 0 Å². The van der Waals surface area contributed by atoms with Crippen molar-refractivity contribution in [1.29, 1.82) is 0 Å². The van der Waals surface area contributed by atoms with Gasteiger partial charge in [-0.1, -0.05) is 6.07 Å². The Kier molecular flexibility index (Phi) is 20.0. The fourth-order valence-electron chi connectivity index (χ4n) is 11.2. The van der Waals surface area contributed by atoms with E-state index < -0.39 is 29.7 Å². The highest BCUT2D eigenvalue weighted by atomic mass is 19.4. The Labute approximate surface area is 443 Å². The summed E-state index contributed by atoms with van der Waals surface area (Å²) in [5, 5.41) is 12.6. The number of aromatic nitrogens is 3. The van der Waals surface area contributed by atoms with Crippen molar-refractivity contribution in [2.45, 2.75) is 153 Å². The molecule has 6 amide bonds. The van der Waals surface area contributed by atoms with Crippen LogP contribution in [0.5, 0.6) is 0 Å². The molecule has 19 nitrogen and oxygen atoms in total. The molecule has 4 aliphatic rings. The molecule has 4 fully saturated rings. The third-order valence-corrected chi connectivity index (χ3v) is 15.7. The number of alkyl halides is 3. The van der Waals surface area contributed by atoms with Gasteiger partial charge in [-0.25, -0.2) is 9.97 Å². The molecular formula is C54H76F3N11O8. The van der Waals surface area contributed by atoms with E-state index in [1.54, 1.807) is 35.3 Å². The number of pyridine rings is 1. The molecule has 1 aromatic carbocycles. The summed E-state index contributed by atoms with van der Waals surface area (Å²) in [4.78, 5) is 99.7. The molecule has 0 bridgehead atoms. The van der Waals surface area contributed by atoms with Crippen molar-refractivity contribution in [1.82, 2.24) is 50.5 Å². The summed E-state index contributed by atoms with van der Waals surface area (Å²) in [6.45, 7) is 10.0. The predicted octanol–water partition coefficient (Wildman–Crippen LogP) is 4.86. The highest BCUT2D eigenvalue weighted by molar-refractivity contribution is 5.94. The Balaban J connectivity index is 0.789. The number of nitrogens with one attached hydrogen (secondary N) is 4. The molecular weight excluding hydrogens is 988 g/mol. The SMILES string of the molecule is CC(C)N(CCOCCOCCC(=O)N[C@H]1CC[C@@H](C(=O)N[C@@H]2C[C@H](N(C)C(C)C)CC[C@@H]2N2CC[C@H](Nc3ncnc4ccc(C(F)(F)F)cc34)C2=O)CC1)C(=O)CCNC(=O)[C@H]1CC(=O)N(C)[C@@H]1c1cccnc1. The van der Waals surface area contributed by atoms with Gasteiger partial charge in [0, 0.05) is 93.8 Å². The summed E-state index contributed by atoms with van der Waals surface area (Å²) in [5.41, 5.74) is 0.278. The monoisotopic (exact) mass is 1060 g/mol. The highest BCUT2D eigenvalue weighted by Crippen LogP contribution is 2.38. The van der Waals surface area contributed by atoms with Crippen LogP contribution in [0.1, 0.15) is 115 Å². The zero-order chi connectivity index (χ0) is 54.7. The molecule has 2 saturated heterocycles. The van der Waals surface area contributed by atoms with E-state index >= 15 is 0 Å². The topological polar surface area (TPSA) is 221 Å². The van der Waals surface area contributed by atoms with Crippen LogP contribution in [0, 0.1) is 11.8 Å². The second-order valence-corrected chi connectivity index (χ2v) is 21.2. The van der Waals surface area contributed by atoms with Crippen LogP contribution in [0.3, 0.4) is 0 Å². The van der Waals surface area contributed by atoms with Gasteiger partial charge in [0.2, 0.25) is 35.4 Å². The number of halogens is 3. The van der Waals surface area contributed by atoms with Gasteiger partial charge in [0.15, 0.2) is 0 Å². The number of hydrogen-bond acceptors (Lipinski definition) is 13. The van der Waals surface area contributed by atoms with Gasteiger partial charge in [0.1, 0.15) is 18.2 Å². The number of amides is 6. The lowest BCUT2D eigenvalue weighted by molar-refractivity contribution is -0.137. The maximum absolute atomic E-state index is 14.1. The van der Waals surface area contributed by atoms with Gasteiger partial charge in [-0.05, 0) is 116 Å². The first kappa shape index (κ1) is 57.7. The van der Waals surface area contributed by atoms with Crippen molar-refractivity contribution in [3.63, 3.8) is 0 Å². The number of benzene rings is 1. The lowest BCUT2D eigenvalue weighted by Gasteiger charge is -2.45. The number of fused-ring (bicyclic) bond motifs is 1. The number of likely N-dealkylation sites (tertiary alicyclic amines) is 2. The molecule has 7 rings (SSSR count). The molecule has 76 heavy (non-hydrogen) atoms. The van der Waals surface area contributed by atoms with E-state index in [1.807, 2.05) is 24.8 Å². The summed E-state index contributed by atoms with van der Waals surface area (Å²) in [7, 11) is 3.76. The van der Waals surface area contributed by atoms with Crippen molar-refractivity contribution in [3.8, 4) is 0 Å². The van der Waals surface area contributed by atoms with Gasteiger partial charge in [-0.3, -0.25) is 33.8 Å². The largest absolute Gasteiger partial charge is 0.416 e. The third-order valence-electron chi connectivity index (χ3n) is 15.7. The van der Waals surface area contributed by atoms with Crippen molar-refractivity contribution in [3.05, 3.63) is 60.2 Å². The molecule has 0 spiro atoms. The van der Waals surface area contributed by atoms with E-state index in [0.717, 1.165) is 24.1 Å². The number of anilines is 1. The average molecular weight is 1060 g/mol. The molecule has 2 aliphatic carbocycles. The Morgan fingerprint density at radius 2 is 1.62 bits per heavy atom. The summed E-state index contributed by atoms with van der Waals surface area (Å²) in [6, 6.07) is 5.49. The second-order valence-electron chi connectivity index (χ2n) is 21.2. The van der Waals surface area contributed by atoms with Crippen molar-refractivity contribution >= 4 is 52.2 Å². The van der Waals surface area contributed by atoms with Crippen LogP contribution < -0.4 is 21.3 Å². The van der Waals surface area contributed by atoms with Crippen molar-refractivity contribution < 1.29 is 51.4 Å². The van der Waals surface area contributed by atoms with Gasteiger partial charge in [0.25, 0.3) is 0 Å². The molecule has 0 radical (unpaired) electrons. The number of nitrogens with zero attached hydrogens (tertiary/aromatic N) is 7. The predicted molar refractivity (Wildman–Crippen MR) is 277 cm³/mol. The van der Waals surface area contributed by atoms with Crippen LogP contribution in [0.4, 0.5) is 19.0 Å². The standard InChI is InChI=1S/C54H76F3N11O8/c1-33(2)65(5)39-14-16-45(68-22-18-43(53(68)74)63-50-40-28-37(54(55,56)57)11-15-42(40)60-32-61-50)44(29-39)64-51(72)35-9-12-38(13-10-35)62-46(69)19-24-75-26-27-76-25-23-67(34(3)4)47(70)17-21-59-52(73)41-30-48(71)66(6)49(41)36-8-7-20-58-31-36/h7-8,11,15,20,28,31-35,38-39,41,43-45,49H,9-10,12-14,16-19,21-27,29-30H2,1-6H3,(H,59,73)(H,62,69)(H,64,72)(H,60,61,63)/t35-,38+,39-,41+,43+,44-,45+,49-/m1/s1. The normalized spacial score (nSPS) is 24.2. The molecule has 2 aliphatic heterocycles. The minimum absolute atomic E-state index is 0.0641. The Hall–Kier alpha value is -6.00. The molecule has 2 saturated carbocycles. The lowest BCUT2D eigenvalue weighted by atomic mass is 9.82. The number of carbonyl (C=O) groups is 6. The number of ether oxygens (including phenoxy) is 2. The van der Waals surface area contributed by atoms with E-state index in [9.17, 15) is 41.9 Å². The molecule has 2 aromatic heterocycles. The van der Waals surface area contributed by atoms with Crippen LogP contribution in [-0.2, 0) is 44.4 Å². The average Bonchev–Trinajstić information content (AvgIpc) is 3.91. The van der Waals surface area contributed by atoms with Gasteiger partial charge in [-0.2, -0.15) is 13.2 Å². The van der Waals surface area contributed by atoms with Gasteiger partial charge < -0.3 is 50.3 Å². The third kappa shape index (κ3) is 14.7. The van der Waals surface area contributed by atoms with E-state index in [4.69, 9.17) is 9.47 Å². The summed E-state index contributed by atoms with van der Waals surface area (Å²) in [5.74, 6) is -1.59. The fourth-order valence-corrected chi connectivity index (χ4v) is 11.2. The fraction of sp³-hybridized carbons (Fsp3) is 0.648. The van der Waals surface area contributed by atoms with Crippen LogP contribution in [0.2, 0.25) is 0 Å². The van der Waals surface area contributed by atoms with E-state index in [2.05, 4.69) is 62.0 Å². The summed E-state index contributed by atoms with van der Waals surface area (Å²) >= 11 is 0. The minimum atomic E-state index is -4.56. The first-order valence-corrected chi connectivity index (χ1v) is 26.9. The van der Waals surface area contributed by atoms with Crippen LogP contribution >= 0.6 is 0 Å². The maximum Gasteiger partial charge on any atom is 0.416 e. The molecule has 4 heterocycles. The molecule has 0 unspecified atom stereocenters. The molecule has 3 aromatic rings. The summed E-state index contributed by atoms with van der Waals surface area (Å²) < 4.78 is 52.3. The number of carbonyl (C=O) groups excluding carboxylic acids is 6. The summed E-state index contributed by atoms with van der Waals surface area (Å²) in [6.07, 6.45) is 5.43. The maximum atomic E-state index is 14.1. The number of hydrogen-bond donors (Lipinski definition) is 4. The lowest BCUT2D eigenvalue weighted by Crippen LogP contribution is -2.59. The first-order chi connectivity index (χ1) is 36.3. The Morgan fingerprint density at radius 1 is 0.868 bits per heavy atom. The van der Waals surface area contributed by atoms with E-state index in [-0.39, 0.29) is 141 Å². The van der Waals surface area contributed by atoms with Gasteiger partial charge >= 0.3 is 6.18 Å². The quantitative estimate of drug-likeness (QED) is 0.0934. The second kappa shape index (κ2) is 26.4. The molecule has 6 atom stereocenters. The van der Waals surface area contributed by atoms with E-state index in [0.29, 0.717) is 63.6 Å². The van der Waals surface area contributed by atoms with Gasteiger partial charge in [0.05, 0.1) is 61.6 Å². The smallest absolute Gasteiger partial charge is 0.379 e. The molecule has 22 heteroatoms.